The van der Waals surface area contributed by atoms with Gasteiger partial charge in [0.2, 0.25) is 0 Å². The zero-order valence-corrected chi connectivity index (χ0v) is 13.3. The highest BCUT2D eigenvalue weighted by Gasteiger charge is 2.09. The number of methoxy groups -OCH3 is 2. The quantitative estimate of drug-likeness (QED) is 0.559. The zero-order chi connectivity index (χ0) is 15.0. The van der Waals surface area contributed by atoms with E-state index >= 15 is 0 Å². The number of benzene rings is 1. The molecule has 0 aliphatic heterocycles. The van der Waals surface area contributed by atoms with Crippen molar-refractivity contribution in [3.8, 4) is 0 Å². The molecule has 0 atom stereocenters. The van der Waals surface area contributed by atoms with Crippen molar-refractivity contribution < 1.29 is 9.47 Å². The van der Waals surface area contributed by atoms with Gasteiger partial charge in [0.15, 0.2) is 0 Å². The van der Waals surface area contributed by atoms with E-state index in [4.69, 9.17) is 27.4 Å². The molecule has 2 N–H and O–H groups in total. The van der Waals surface area contributed by atoms with E-state index in [0.29, 0.717) is 11.6 Å². The van der Waals surface area contributed by atoms with Gasteiger partial charge in [-0.25, -0.2) is 0 Å². The number of ether oxygens (including phenoxy) is 2. The molecular formula is C15H24N2O2S. The van der Waals surface area contributed by atoms with Crippen molar-refractivity contribution in [1.82, 2.24) is 0 Å². The molecule has 0 saturated carbocycles. The fourth-order valence-corrected chi connectivity index (χ4v) is 2.32. The maximum Gasteiger partial charge on any atom is 0.104 e. The number of thiocarbonyl (C=S) groups is 1. The summed E-state index contributed by atoms with van der Waals surface area (Å²) in [5, 5.41) is 0. The molecule has 0 aliphatic rings. The number of nitrogens with two attached hydrogens (primary N) is 1. The zero-order valence-electron chi connectivity index (χ0n) is 12.5. The Balaban J connectivity index is 2.83. The maximum atomic E-state index is 5.70. The van der Waals surface area contributed by atoms with Crippen LogP contribution in [0.3, 0.4) is 0 Å². The van der Waals surface area contributed by atoms with Crippen LogP contribution in [0.5, 0.6) is 0 Å². The van der Waals surface area contributed by atoms with Crippen molar-refractivity contribution in [1.29, 1.82) is 0 Å². The Morgan fingerprint density at radius 1 is 1.20 bits per heavy atom. The first kappa shape index (κ1) is 16.9. The highest BCUT2D eigenvalue weighted by Crippen LogP contribution is 2.19. The average Bonchev–Trinajstić information content (AvgIpc) is 2.42. The van der Waals surface area contributed by atoms with E-state index in [0.717, 1.165) is 42.9 Å². The fraction of sp³-hybridized carbons (Fsp3) is 0.533. The molecule has 0 heterocycles. The Morgan fingerprint density at radius 2 is 1.90 bits per heavy atom. The van der Waals surface area contributed by atoms with E-state index in [-0.39, 0.29) is 0 Å². The normalized spacial score (nSPS) is 10.6. The highest BCUT2D eigenvalue weighted by atomic mass is 32.1. The molecule has 0 fully saturated rings. The van der Waals surface area contributed by atoms with E-state index in [9.17, 15) is 0 Å². The first-order chi connectivity index (χ1) is 9.60. The van der Waals surface area contributed by atoms with Gasteiger partial charge in [-0.2, -0.15) is 0 Å². The van der Waals surface area contributed by atoms with E-state index in [1.54, 1.807) is 14.2 Å². The Bertz CT molecular complexity index is 438. The van der Waals surface area contributed by atoms with E-state index in [1.165, 1.54) is 0 Å². The van der Waals surface area contributed by atoms with Gasteiger partial charge in [0, 0.05) is 45.2 Å². The smallest absolute Gasteiger partial charge is 0.104 e. The van der Waals surface area contributed by atoms with Crippen LogP contribution in [0.4, 0.5) is 5.69 Å². The lowest BCUT2D eigenvalue weighted by Gasteiger charge is -2.25. The minimum atomic E-state index is 0.442. The van der Waals surface area contributed by atoms with Gasteiger partial charge in [-0.05, 0) is 37.1 Å². The molecule has 4 nitrogen and oxygen atoms in total. The molecular weight excluding hydrogens is 272 g/mol. The van der Waals surface area contributed by atoms with Crippen molar-refractivity contribution in [2.45, 2.75) is 13.3 Å². The monoisotopic (exact) mass is 296 g/mol. The van der Waals surface area contributed by atoms with Crippen LogP contribution >= 0.6 is 12.2 Å². The third kappa shape index (κ3) is 5.07. The van der Waals surface area contributed by atoms with Gasteiger partial charge >= 0.3 is 0 Å². The summed E-state index contributed by atoms with van der Waals surface area (Å²) in [6.45, 7) is 5.27. The van der Waals surface area contributed by atoms with Gasteiger partial charge in [0.25, 0.3) is 0 Å². The number of anilines is 1. The summed E-state index contributed by atoms with van der Waals surface area (Å²) >= 11 is 5.04. The minimum absolute atomic E-state index is 0.442. The van der Waals surface area contributed by atoms with Crippen LogP contribution < -0.4 is 10.6 Å². The first-order valence-electron chi connectivity index (χ1n) is 6.73. The lowest BCUT2D eigenvalue weighted by atomic mass is 10.1. The van der Waals surface area contributed by atoms with Crippen LogP contribution in [-0.4, -0.2) is 45.5 Å². The Kier molecular flexibility index (Phi) is 7.51. The second-order valence-electron chi connectivity index (χ2n) is 4.69. The minimum Gasteiger partial charge on any atom is -0.389 e. The number of hydrogen-bond acceptors (Lipinski definition) is 4. The molecule has 1 aromatic carbocycles. The summed E-state index contributed by atoms with van der Waals surface area (Å²) in [6, 6.07) is 6.17. The van der Waals surface area contributed by atoms with Crippen LogP contribution in [-0.2, 0) is 9.47 Å². The lowest BCUT2D eigenvalue weighted by Crippen LogP contribution is -2.29. The Hall–Kier alpha value is -1.17. The molecule has 0 radical (unpaired) electrons. The third-order valence-electron chi connectivity index (χ3n) is 3.18. The fourth-order valence-electron chi connectivity index (χ4n) is 2.09. The summed E-state index contributed by atoms with van der Waals surface area (Å²) in [5.74, 6) is 0. The van der Waals surface area contributed by atoms with Crippen LogP contribution in [0, 0.1) is 6.92 Å². The molecule has 0 amide bonds. The molecule has 0 spiro atoms. The summed E-state index contributed by atoms with van der Waals surface area (Å²) in [4.78, 5) is 2.73. The molecule has 5 heteroatoms. The number of nitrogens with zero attached hydrogens (tertiary/aromatic N) is 1. The lowest BCUT2D eigenvalue weighted by molar-refractivity contribution is 0.191. The van der Waals surface area contributed by atoms with E-state index < -0.39 is 0 Å². The second-order valence-corrected chi connectivity index (χ2v) is 5.13. The molecule has 1 rings (SSSR count). The average molecular weight is 296 g/mol. The second kappa shape index (κ2) is 8.89. The third-order valence-corrected chi connectivity index (χ3v) is 3.40. The van der Waals surface area contributed by atoms with Crippen molar-refractivity contribution >= 4 is 22.9 Å². The van der Waals surface area contributed by atoms with Crippen LogP contribution in [0.2, 0.25) is 0 Å². The van der Waals surface area contributed by atoms with Crippen molar-refractivity contribution in [3.05, 3.63) is 29.3 Å². The van der Waals surface area contributed by atoms with Crippen LogP contribution in [0.1, 0.15) is 17.5 Å². The molecule has 0 bridgehead atoms. The van der Waals surface area contributed by atoms with Gasteiger partial charge in [0.05, 0.1) is 6.61 Å². The van der Waals surface area contributed by atoms with E-state index in [1.807, 2.05) is 13.0 Å². The largest absolute Gasteiger partial charge is 0.389 e. The van der Waals surface area contributed by atoms with Gasteiger partial charge in [-0.15, -0.1) is 0 Å². The molecule has 0 saturated heterocycles. The predicted molar refractivity (Wildman–Crippen MR) is 87.6 cm³/mol. The van der Waals surface area contributed by atoms with Gasteiger partial charge in [0.1, 0.15) is 4.99 Å². The number of aryl methyl sites for hydroxylation is 1. The highest BCUT2D eigenvalue weighted by molar-refractivity contribution is 7.80. The van der Waals surface area contributed by atoms with E-state index in [2.05, 4.69) is 17.0 Å². The molecule has 20 heavy (non-hydrogen) atoms. The van der Waals surface area contributed by atoms with Gasteiger partial charge in [-0.3, -0.25) is 0 Å². The molecule has 0 aliphatic carbocycles. The summed E-state index contributed by atoms with van der Waals surface area (Å²) in [6.07, 6.45) is 0.982. The first-order valence-corrected chi connectivity index (χ1v) is 7.14. The maximum absolute atomic E-state index is 5.70. The summed E-state index contributed by atoms with van der Waals surface area (Å²) < 4.78 is 10.3. The summed E-state index contributed by atoms with van der Waals surface area (Å²) in [7, 11) is 3.44. The number of rotatable bonds is 9. The molecule has 1 aromatic rings. The Morgan fingerprint density at radius 3 is 2.45 bits per heavy atom. The van der Waals surface area contributed by atoms with Crippen molar-refractivity contribution in [2.75, 3.05) is 45.4 Å². The standard InChI is InChI=1S/C15H24N2O2S/c1-12-11-13(5-6-14(12)15(16)20)17(8-10-19-3)7-4-9-18-2/h5-6,11H,4,7-10H2,1-3H3,(H2,16,20). The Labute approximate surface area is 126 Å². The van der Waals surface area contributed by atoms with Crippen LogP contribution in [0.15, 0.2) is 18.2 Å². The van der Waals surface area contributed by atoms with Crippen molar-refractivity contribution in [3.63, 3.8) is 0 Å². The molecule has 0 unspecified atom stereocenters. The SMILES string of the molecule is COCCCN(CCOC)c1ccc(C(N)=S)c(C)c1. The van der Waals surface area contributed by atoms with Gasteiger partial charge in [-0.1, -0.05) is 12.2 Å². The molecule has 0 aromatic heterocycles. The predicted octanol–water partition coefficient (Wildman–Crippen LogP) is 2.12. The van der Waals surface area contributed by atoms with Gasteiger partial charge < -0.3 is 20.1 Å². The van der Waals surface area contributed by atoms with Crippen molar-refractivity contribution in [2.24, 2.45) is 5.73 Å². The molecule has 112 valence electrons. The summed E-state index contributed by atoms with van der Waals surface area (Å²) in [5.41, 5.74) is 8.90. The van der Waals surface area contributed by atoms with Crippen LogP contribution in [0.25, 0.3) is 0 Å². The number of hydrogen-bond donors (Lipinski definition) is 1. The topological polar surface area (TPSA) is 47.7 Å².